The third kappa shape index (κ3) is 3.09. The Labute approximate surface area is 115 Å². The van der Waals surface area contributed by atoms with E-state index in [0.29, 0.717) is 17.3 Å². The lowest BCUT2D eigenvalue weighted by molar-refractivity contribution is 0.102. The number of carbonyl (C=O) groups excluding carboxylic acids is 1. The molecule has 0 atom stereocenters. The topological polar surface area (TPSA) is 119 Å². The average Bonchev–Trinajstić information content (AvgIpc) is 2.83. The number of hydrogen-bond acceptors (Lipinski definition) is 7. The molecule has 4 N–H and O–H groups in total. The maximum Gasteiger partial charge on any atom is 0.322 e. The van der Waals surface area contributed by atoms with Gasteiger partial charge in [0.25, 0.3) is 5.91 Å². The first kappa shape index (κ1) is 13.9. The predicted octanol–water partition coefficient (Wildman–Crippen LogP) is 1.43. The molecule has 0 aliphatic carbocycles. The summed E-state index contributed by atoms with van der Waals surface area (Å²) >= 11 is 0. The second kappa shape index (κ2) is 5.66. The Hall–Kier alpha value is -2.48. The SMILES string of the molecule is Cc1nnc(NC(=O)c2cc(NN)nc(C(C)C)c2)o1. The smallest absolute Gasteiger partial charge is 0.322 e. The van der Waals surface area contributed by atoms with Crippen molar-refractivity contribution in [2.45, 2.75) is 26.7 Å². The number of hydrogen-bond donors (Lipinski definition) is 3. The first-order valence-corrected chi connectivity index (χ1v) is 6.09. The van der Waals surface area contributed by atoms with Gasteiger partial charge in [-0.15, -0.1) is 5.10 Å². The highest BCUT2D eigenvalue weighted by atomic mass is 16.4. The molecular weight excluding hydrogens is 260 g/mol. The van der Waals surface area contributed by atoms with Gasteiger partial charge in [0.1, 0.15) is 5.82 Å². The quantitative estimate of drug-likeness (QED) is 0.571. The van der Waals surface area contributed by atoms with Crippen molar-refractivity contribution >= 4 is 17.7 Å². The molecule has 0 saturated heterocycles. The van der Waals surface area contributed by atoms with Crippen LogP contribution in [0.25, 0.3) is 0 Å². The van der Waals surface area contributed by atoms with Gasteiger partial charge in [-0.05, 0) is 18.1 Å². The average molecular weight is 276 g/mol. The summed E-state index contributed by atoms with van der Waals surface area (Å²) in [5, 5.41) is 9.86. The van der Waals surface area contributed by atoms with Crippen molar-refractivity contribution < 1.29 is 9.21 Å². The van der Waals surface area contributed by atoms with E-state index < -0.39 is 0 Å². The number of rotatable bonds is 4. The molecule has 0 aromatic carbocycles. The van der Waals surface area contributed by atoms with Crippen LogP contribution < -0.4 is 16.6 Å². The number of aryl methyl sites for hydroxylation is 1. The van der Waals surface area contributed by atoms with Crippen LogP contribution in [-0.2, 0) is 0 Å². The number of nitrogens with zero attached hydrogens (tertiary/aromatic N) is 3. The third-order valence-corrected chi connectivity index (χ3v) is 2.59. The first-order valence-electron chi connectivity index (χ1n) is 6.09. The van der Waals surface area contributed by atoms with E-state index >= 15 is 0 Å². The number of pyridine rings is 1. The molecule has 2 heterocycles. The number of carbonyl (C=O) groups is 1. The molecule has 2 aromatic heterocycles. The number of nitrogen functional groups attached to an aromatic ring is 1. The maximum absolute atomic E-state index is 12.1. The minimum Gasteiger partial charge on any atom is -0.408 e. The largest absolute Gasteiger partial charge is 0.408 e. The van der Waals surface area contributed by atoms with Gasteiger partial charge in [-0.3, -0.25) is 10.1 Å². The van der Waals surface area contributed by atoms with E-state index in [2.05, 4.69) is 25.9 Å². The fourth-order valence-electron chi connectivity index (χ4n) is 1.57. The molecule has 2 aromatic rings. The number of nitrogens with one attached hydrogen (secondary N) is 2. The monoisotopic (exact) mass is 276 g/mol. The zero-order valence-corrected chi connectivity index (χ0v) is 11.5. The molecule has 1 amide bonds. The summed E-state index contributed by atoms with van der Waals surface area (Å²) in [6, 6.07) is 3.30. The Balaban J connectivity index is 2.26. The molecule has 0 unspecified atom stereocenters. The van der Waals surface area contributed by atoms with Gasteiger partial charge >= 0.3 is 6.01 Å². The van der Waals surface area contributed by atoms with Crippen molar-refractivity contribution in [3.05, 3.63) is 29.3 Å². The number of hydrazine groups is 1. The molecule has 2 rings (SSSR count). The summed E-state index contributed by atoms with van der Waals surface area (Å²) in [6.07, 6.45) is 0. The van der Waals surface area contributed by atoms with Crippen LogP contribution in [0.1, 0.15) is 41.7 Å². The number of amides is 1. The minimum atomic E-state index is -0.366. The Kier molecular flexibility index (Phi) is 3.94. The molecule has 0 radical (unpaired) electrons. The van der Waals surface area contributed by atoms with Gasteiger partial charge in [0, 0.05) is 18.2 Å². The van der Waals surface area contributed by atoms with Gasteiger partial charge in [0.2, 0.25) is 5.89 Å². The molecule has 0 saturated carbocycles. The van der Waals surface area contributed by atoms with E-state index in [1.54, 1.807) is 19.1 Å². The zero-order chi connectivity index (χ0) is 14.7. The van der Waals surface area contributed by atoms with Gasteiger partial charge in [0.05, 0.1) is 0 Å². The number of aromatic nitrogens is 3. The molecule has 0 fully saturated rings. The molecule has 0 aliphatic rings. The predicted molar refractivity (Wildman–Crippen MR) is 73.1 cm³/mol. The van der Waals surface area contributed by atoms with E-state index in [-0.39, 0.29) is 17.8 Å². The summed E-state index contributed by atoms with van der Waals surface area (Å²) in [5.41, 5.74) is 3.61. The van der Waals surface area contributed by atoms with Crippen LogP contribution in [-0.4, -0.2) is 21.1 Å². The second-order valence-electron chi connectivity index (χ2n) is 4.55. The lowest BCUT2D eigenvalue weighted by atomic mass is 10.1. The summed E-state index contributed by atoms with van der Waals surface area (Å²) in [6.45, 7) is 5.60. The minimum absolute atomic E-state index is 0.0534. The van der Waals surface area contributed by atoms with Crippen molar-refractivity contribution in [1.29, 1.82) is 0 Å². The normalized spacial score (nSPS) is 10.7. The molecule has 20 heavy (non-hydrogen) atoms. The summed E-state index contributed by atoms with van der Waals surface area (Å²) in [5.74, 6) is 5.96. The van der Waals surface area contributed by atoms with E-state index in [1.165, 1.54) is 0 Å². The lowest BCUT2D eigenvalue weighted by Crippen LogP contribution is -2.16. The fourth-order valence-corrected chi connectivity index (χ4v) is 1.57. The third-order valence-electron chi connectivity index (χ3n) is 2.59. The van der Waals surface area contributed by atoms with Gasteiger partial charge in [-0.1, -0.05) is 18.9 Å². The highest BCUT2D eigenvalue weighted by Crippen LogP contribution is 2.18. The highest BCUT2D eigenvalue weighted by molar-refractivity contribution is 6.03. The molecule has 0 aliphatic heterocycles. The van der Waals surface area contributed by atoms with Crippen LogP contribution in [0.2, 0.25) is 0 Å². The van der Waals surface area contributed by atoms with Gasteiger partial charge in [0.15, 0.2) is 0 Å². The Bertz CT molecular complexity index is 622. The van der Waals surface area contributed by atoms with Crippen LogP contribution in [0, 0.1) is 6.92 Å². The van der Waals surface area contributed by atoms with Gasteiger partial charge < -0.3 is 9.84 Å². The van der Waals surface area contributed by atoms with Crippen molar-refractivity contribution in [3.8, 4) is 0 Å². The number of anilines is 2. The Morgan fingerprint density at radius 1 is 1.35 bits per heavy atom. The molecule has 0 spiro atoms. The van der Waals surface area contributed by atoms with E-state index in [0.717, 1.165) is 5.69 Å². The Morgan fingerprint density at radius 3 is 2.65 bits per heavy atom. The molecule has 106 valence electrons. The van der Waals surface area contributed by atoms with Gasteiger partial charge in [-0.2, -0.15) is 0 Å². The summed E-state index contributed by atoms with van der Waals surface area (Å²) in [4.78, 5) is 16.4. The molecule has 0 bridgehead atoms. The van der Waals surface area contributed by atoms with Crippen LogP contribution in [0.4, 0.5) is 11.8 Å². The van der Waals surface area contributed by atoms with Crippen molar-refractivity contribution in [2.75, 3.05) is 10.7 Å². The molecule has 8 nitrogen and oxygen atoms in total. The van der Waals surface area contributed by atoms with Crippen molar-refractivity contribution in [2.24, 2.45) is 5.84 Å². The van der Waals surface area contributed by atoms with Crippen LogP contribution >= 0.6 is 0 Å². The van der Waals surface area contributed by atoms with Crippen LogP contribution in [0.3, 0.4) is 0 Å². The van der Waals surface area contributed by atoms with Crippen molar-refractivity contribution in [1.82, 2.24) is 15.2 Å². The standard InChI is InChI=1S/C12H16N6O2/c1-6(2)9-4-8(5-10(14-9)16-13)11(19)15-12-18-17-7(3)20-12/h4-6H,13H2,1-3H3,(H,14,16)(H,15,18,19). The zero-order valence-electron chi connectivity index (χ0n) is 11.5. The van der Waals surface area contributed by atoms with E-state index in [9.17, 15) is 4.79 Å². The summed E-state index contributed by atoms with van der Waals surface area (Å²) in [7, 11) is 0. The van der Waals surface area contributed by atoms with Gasteiger partial charge in [-0.25, -0.2) is 10.8 Å². The summed E-state index contributed by atoms with van der Waals surface area (Å²) < 4.78 is 5.10. The van der Waals surface area contributed by atoms with E-state index in [1.807, 2.05) is 13.8 Å². The van der Waals surface area contributed by atoms with Crippen LogP contribution in [0.15, 0.2) is 16.5 Å². The molecule has 8 heteroatoms. The van der Waals surface area contributed by atoms with Crippen molar-refractivity contribution in [3.63, 3.8) is 0 Å². The molecular formula is C12H16N6O2. The lowest BCUT2D eigenvalue weighted by Gasteiger charge is -2.10. The van der Waals surface area contributed by atoms with Crippen LogP contribution in [0.5, 0.6) is 0 Å². The maximum atomic E-state index is 12.1. The fraction of sp³-hybridized carbons (Fsp3) is 0.333. The highest BCUT2D eigenvalue weighted by Gasteiger charge is 2.14. The first-order chi connectivity index (χ1) is 9.49. The Morgan fingerprint density at radius 2 is 2.10 bits per heavy atom. The second-order valence-corrected chi connectivity index (χ2v) is 4.55. The van der Waals surface area contributed by atoms with E-state index in [4.69, 9.17) is 10.3 Å². The number of nitrogens with two attached hydrogens (primary N) is 1.